The van der Waals surface area contributed by atoms with Gasteiger partial charge in [0.2, 0.25) is 0 Å². The normalized spacial score (nSPS) is 10.5. The summed E-state index contributed by atoms with van der Waals surface area (Å²) < 4.78 is 14.4. The van der Waals surface area contributed by atoms with E-state index in [9.17, 15) is 19.1 Å². The van der Waals surface area contributed by atoms with Gasteiger partial charge >= 0.3 is 11.9 Å². The summed E-state index contributed by atoms with van der Waals surface area (Å²) in [5, 5.41) is 29.9. The Morgan fingerprint density at radius 3 is 2.50 bits per heavy atom. The second-order valence-electron chi connectivity index (χ2n) is 5.10. The number of rotatable bonds is 5. The number of aromatic carboxylic acids is 1. The van der Waals surface area contributed by atoms with Gasteiger partial charge in [0.25, 0.3) is 0 Å². The molecule has 0 radical (unpaired) electrons. The number of benzene rings is 2. The van der Waals surface area contributed by atoms with Crippen molar-refractivity contribution in [1.82, 2.24) is 0 Å². The van der Waals surface area contributed by atoms with Crippen LogP contribution >= 0.6 is 11.6 Å². The Kier molecular flexibility index (Phi) is 4.94. The lowest BCUT2D eigenvalue weighted by molar-refractivity contribution is -0.136. The van der Waals surface area contributed by atoms with Gasteiger partial charge in [-0.1, -0.05) is 29.3 Å². The van der Waals surface area contributed by atoms with Gasteiger partial charge in [-0.2, -0.15) is 0 Å². The van der Waals surface area contributed by atoms with E-state index in [0.29, 0.717) is 5.56 Å². The maximum atomic E-state index is 14.4. The predicted molar refractivity (Wildman–Crippen MR) is 85.8 cm³/mol. The van der Waals surface area contributed by atoms with E-state index in [4.69, 9.17) is 21.8 Å². The third-order valence-corrected chi connectivity index (χ3v) is 3.57. The van der Waals surface area contributed by atoms with Gasteiger partial charge in [0, 0.05) is 11.8 Å². The number of aromatic hydroxyl groups is 1. The lowest BCUT2D eigenvalue weighted by atomic mass is 10.1. The molecule has 0 fully saturated rings. The van der Waals surface area contributed by atoms with Crippen LogP contribution in [0.4, 0.5) is 15.8 Å². The second-order valence-corrected chi connectivity index (χ2v) is 5.51. The van der Waals surface area contributed by atoms with Crippen LogP contribution in [-0.4, -0.2) is 27.3 Å². The Morgan fingerprint density at radius 1 is 1.25 bits per heavy atom. The van der Waals surface area contributed by atoms with E-state index in [0.717, 1.165) is 11.6 Å². The number of phenols is 1. The van der Waals surface area contributed by atoms with Gasteiger partial charge in [-0.15, -0.1) is 0 Å². The van der Waals surface area contributed by atoms with Gasteiger partial charge < -0.3 is 20.6 Å². The van der Waals surface area contributed by atoms with Crippen molar-refractivity contribution in [3.8, 4) is 5.75 Å². The lowest BCUT2D eigenvalue weighted by Crippen LogP contribution is -2.08. The first-order valence-electron chi connectivity index (χ1n) is 6.73. The Hall–Kier alpha value is -2.80. The van der Waals surface area contributed by atoms with Gasteiger partial charge in [-0.3, -0.25) is 4.79 Å². The maximum absolute atomic E-state index is 14.4. The molecule has 0 atom stereocenters. The summed E-state index contributed by atoms with van der Waals surface area (Å²) in [7, 11) is 0. The Bertz CT molecular complexity index is 838. The highest BCUT2D eigenvalue weighted by Gasteiger charge is 2.23. The fourth-order valence-corrected chi connectivity index (χ4v) is 2.45. The SMILES string of the molecule is Cc1ccc(Nc2c(Cl)cc(O)c(C(=O)O)c2F)c(CC(=O)O)c1. The first kappa shape index (κ1) is 17.6. The number of halogens is 2. The Labute approximate surface area is 141 Å². The number of carboxylic acids is 2. The van der Waals surface area contributed by atoms with Crippen LogP contribution < -0.4 is 5.32 Å². The molecule has 0 unspecified atom stereocenters. The van der Waals surface area contributed by atoms with Crippen molar-refractivity contribution in [2.45, 2.75) is 13.3 Å². The summed E-state index contributed by atoms with van der Waals surface area (Å²) in [5.74, 6) is -4.77. The average Bonchev–Trinajstić information content (AvgIpc) is 2.43. The fourth-order valence-electron chi connectivity index (χ4n) is 2.21. The fraction of sp³-hybridized carbons (Fsp3) is 0.125. The van der Waals surface area contributed by atoms with Crippen molar-refractivity contribution in [1.29, 1.82) is 0 Å². The molecule has 2 aromatic rings. The van der Waals surface area contributed by atoms with Crippen LogP contribution in [0.15, 0.2) is 24.3 Å². The monoisotopic (exact) mass is 353 g/mol. The summed E-state index contributed by atoms with van der Waals surface area (Å²) in [4.78, 5) is 22.0. The zero-order valence-electron chi connectivity index (χ0n) is 12.4. The first-order valence-corrected chi connectivity index (χ1v) is 7.11. The molecular formula is C16H13ClFNO5. The van der Waals surface area contributed by atoms with Crippen LogP contribution in [0, 0.1) is 12.7 Å². The molecule has 0 spiro atoms. The third-order valence-electron chi connectivity index (χ3n) is 3.27. The molecule has 8 heteroatoms. The third kappa shape index (κ3) is 3.57. The molecule has 0 saturated carbocycles. The summed E-state index contributed by atoms with van der Waals surface area (Å²) in [6.45, 7) is 1.77. The van der Waals surface area contributed by atoms with E-state index in [1.54, 1.807) is 19.1 Å². The number of carboxylic acid groups (broad SMARTS) is 2. The number of carbonyl (C=O) groups is 2. The molecule has 24 heavy (non-hydrogen) atoms. The molecule has 2 rings (SSSR count). The van der Waals surface area contributed by atoms with Gasteiger partial charge in [-0.25, -0.2) is 9.18 Å². The zero-order chi connectivity index (χ0) is 18.0. The quantitative estimate of drug-likeness (QED) is 0.612. The lowest BCUT2D eigenvalue weighted by Gasteiger charge is -2.15. The largest absolute Gasteiger partial charge is 0.507 e. The molecule has 0 aromatic heterocycles. The molecule has 6 nitrogen and oxygen atoms in total. The highest BCUT2D eigenvalue weighted by atomic mass is 35.5. The average molecular weight is 354 g/mol. The van der Waals surface area contributed by atoms with E-state index in [-0.39, 0.29) is 22.8 Å². The van der Waals surface area contributed by atoms with Gasteiger partial charge in [-0.05, 0) is 18.6 Å². The highest BCUT2D eigenvalue weighted by molar-refractivity contribution is 6.33. The van der Waals surface area contributed by atoms with Gasteiger partial charge in [0.1, 0.15) is 11.3 Å². The minimum Gasteiger partial charge on any atom is -0.507 e. The van der Waals surface area contributed by atoms with Crippen molar-refractivity contribution >= 4 is 34.9 Å². The number of hydrogen-bond acceptors (Lipinski definition) is 4. The van der Waals surface area contributed by atoms with Gasteiger partial charge in [0.05, 0.1) is 17.1 Å². The summed E-state index contributed by atoms with van der Waals surface area (Å²) in [5.41, 5.74) is 0.171. The van der Waals surface area contributed by atoms with E-state index in [1.165, 1.54) is 6.07 Å². The molecule has 0 aliphatic heterocycles. The molecule has 0 bridgehead atoms. The van der Waals surface area contributed by atoms with Crippen LogP contribution in [0.3, 0.4) is 0 Å². The highest BCUT2D eigenvalue weighted by Crippen LogP contribution is 2.36. The van der Waals surface area contributed by atoms with Crippen molar-refractivity contribution in [2.75, 3.05) is 5.32 Å². The summed E-state index contributed by atoms with van der Waals surface area (Å²) in [6, 6.07) is 5.73. The van der Waals surface area contributed by atoms with E-state index in [2.05, 4.69) is 5.32 Å². The zero-order valence-corrected chi connectivity index (χ0v) is 13.2. The molecule has 126 valence electrons. The van der Waals surface area contributed by atoms with Crippen molar-refractivity contribution in [3.05, 3.63) is 51.8 Å². The minimum atomic E-state index is -1.65. The smallest absolute Gasteiger partial charge is 0.342 e. The predicted octanol–water partition coefficient (Wildman–Crippen LogP) is 3.56. The number of anilines is 2. The molecule has 0 aliphatic rings. The van der Waals surface area contributed by atoms with Crippen molar-refractivity contribution < 1.29 is 29.3 Å². The minimum absolute atomic E-state index is 0.239. The van der Waals surface area contributed by atoms with E-state index < -0.39 is 29.1 Å². The molecule has 0 heterocycles. The Balaban J connectivity index is 2.55. The second kappa shape index (κ2) is 6.76. The number of aliphatic carboxylic acids is 1. The standard InChI is InChI=1S/C16H13ClFNO5/c1-7-2-3-10(8(4-7)5-12(21)22)19-15-9(17)6-11(20)13(14(15)18)16(23)24/h2-4,6,19-20H,5H2,1H3,(H,21,22)(H,23,24). The molecule has 2 aromatic carbocycles. The molecule has 4 N–H and O–H groups in total. The van der Waals surface area contributed by atoms with Crippen LogP contribution in [0.2, 0.25) is 5.02 Å². The molecule has 0 saturated heterocycles. The van der Waals surface area contributed by atoms with Crippen LogP contribution in [-0.2, 0) is 11.2 Å². The van der Waals surface area contributed by atoms with E-state index in [1.807, 2.05) is 0 Å². The van der Waals surface area contributed by atoms with E-state index >= 15 is 0 Å². The number of nitrogens with one attached hydrogen (secondary N) is 1. The van der Waals surface area contributed by atoms with Crippen LogP contribution in [0.5, 0.6) is 5.75 Å². The summed E-state index contributed by atoms with van der Waals surface area (Å²) >= 11 is 5.88. The maximum Gasteiger partial charge on any atom is 0.342 e. The van der Waals surface area contributed by atoms with Gasteiger partial charge in [0.15, 0.2) is 5.82 Å². The van der Waals surface area contributed by atoms with Crippen molar-refractivity contribution in [2.24, 2.45) is 0 Å². The van der Waals surface area contributed by atoms with Crippen LogP contribution in [0.25, 0.3) is 0 Å². The molecule has 0 aliphatic carbocycles. The van der Waals surface area contributed by atoms with Crippen LogP contribution in [0.1, 0.15) is 21.5 Å². The van der Waals surface area contributed by atoms with Crippen molar-refractivity contribution in [3.63, 3.8) is 0 Å². The Morgan fingerprint density at radius 2 is 1.92 bits per heavy atom. The number of aryl methyl sites for hydroxylation is 1. The topological polar surface area (TPSA) is 107 Å². The summed E-state index contributed by atoms with van der Waals surface area (Å²) in [6.07, 6.45) is -0.312. The first-order chi connectivity index (χ1) is 11.2. The number of hydrogen-bond donors (Lipinski definition) is 4. The molecule has 0 amide bonds. The molecular weight excluding hydrogens is 341 g/mol.